The number of nitrogens with zero attached hydrogens (tertiary/aromatic N) is 2. The van der Waals surface area contributed by atoms with Crippen molar-refractivity contribution in [2.45, 2.75) is 64.2 Å². The molecule has 0 amide bonds. The van der Waals surface area contributed by atoms with Gasteiger partial charge < -0.3 is 16.0 Å². The Hall–Kier alpha value is -1.78. The van der Waals surface area contributed by atoms with E-state index in [-0.39, 0.29) is 0 Å². The van der Waals surface area contributed by atoms with E-state index in [1.165, 1.54) is 38.5 Å². The molecule has 2 aliphatic rings. The third kappa shape index (κ3) is 4.19. The zero-order valence-corrected chi connectivity index (χ0v) is 14.9. The summed E-state index contributed by atoms with van der Waals surface area (Å²) in [5, 5.41) is 3.68. The Labute approximate surface area is 144 Å². The van der Waals surface area contributed by atoms with Crippen molar-refractivity contribution < 1.29 is 0 Å². The average Bonchev–Trinajstić information content (AvgIpc) is 3.13. The van der Waals surface area contributed by atoms with Crippen LogP contribution < -0.4 is 11.1 Å². The van der Waals surface area contributed by atoms with E-state index in [1.807, 2.05) is 6.07 Å². The van der Waals surface area contributed by atoms with Gasteiger partial charge in [0.25, 0.3) is 0 Å². The number of hydrogen-bond donors (Lipinski definition) is 3. The zero-order chi connectivity index (χ0) is 16.8. The molecule has 5 nitrogen and oxygen atoms in total. The van der Waals surface area contributed by atoms with Crippen molar-refractivity contribution in [3.63, 3.8) is 0 Å². The van der Waals surface area contributed by atoms with Crippen LogP contribution in [0.25, 0.3) is 11.0 Å². The second-order valence-electron chi connectivity index (χ2n) is 7.22. The molecule has 4 N–H and O–H groups in total. The van der Waals surface area contributed by atoms with Gasteiger partial charge in [0.1, 0.15) is 11.5 Å². The van der Waals surface area contributed by atoms with Gasteiger partial charge in [0.15, 0.2) is 0 Å². The Morgan fingerprint density at radius 1 is 0.958 bits per heavy atom. The lowest BCUT2D eigenvalue weighted by molar-refractivity contribution is 0.196. The first-order valence-corrected chi connectivity index (χ1v) is 9.56. The maximum Gasteiger partial charge on any atom is 0.226 e. The third-order valence-corrected chi connectivity index (χ3v) is 5.64. The number of rotatable bonds is 2. The van der Waals surface area contributed by atoms with Gasteiger partial charge in [-0.1, -0.05) is 64.2 Å². The molecule has 2 saturated carbocycles. The lowest BCUT2D eigenvalue weighted by Gasteiger charge is -2.32. The molecule has 4 rings (SSSR count). The Bertz CT molecular complexity index is 608. The van der Waals surface area contributed by atoms with Gasteiger partial charge in [-0.3, -0.25) is 0 Å². The number of aromatic amines is 1. The molecule has 0 atom stereocenters. The van der Waals surface area contributed by atoms with Gasteiger partial charge in [0, 0.05) is 13.2 Å². The standard InChI is InChI=1S/C12H22.C7H9N5/c1-3-7-11(8-4-1)12-9-5-2-6-10-12;1-9-7-11-5(8)4-2-3-10-6(4)12-7/h11-12H,1-10H2;2-3H,1H3,(H4,8,9,10,11,12). The highest BCUT2D eigenvalue weighted by Gasteiger charge is 2.24. The van der Waals surface area contributed by atoms with Gasteiger partial charge in [-0.25, -0.2) is 0 Å². The number of anilines is 2. The minimum absolute atomic E-state index is 0.491. The first-order valence-electron chi connectivity index (χ1n) is 9.56. The molecule has 0 saturated heterocycles. The number of nitrogens with two attached hydrogens (primary N) is 1. The van der Waals surface area contributed by atoms with Crippen molar-refractivity contribution in [3.8, 4) is 0 Å². The molecule has 0 unspecified atom stereocenters. The maximum atomic E-state index is 5.67. The molecule has 2 fully saturated rings. The normalized spacial score (nSPS) is 19.7. The SMILES string of the molecule is C1CCC(C2CCCCC2)CC1.CNc1nc(N)c2cc[nH]c2n1. The minimum Gasteiger partial charge on any atom is -0.383 e. The number of aromatic nitrogens is 3. The molecule has 2 aromatic rings. The highest BCUT2D eigenvalue weighted by molar-refractivity contribution is 5.86. The van der Waals surface area contributed by atoms with E-state index in [4.69, 9.17) is 5.73 Å². The number of fused-ring (bicyclic) bond motifs is 1. The molecule has 2 aliphatic carbocycles. The van der Waals surface area contributed by atoms with Crippen molar-refractivity contribution in [1.82, 2.24) is 15.0 Å². The van der Waals surface area contributed by atoms with Crippen LogP contribution in [0.1, 0.15) is 64.2 Å². The number of H-pyrrole nitrogens is 1. The van der Waals surface area contributed by atoms with Gasteiger partial charge in [-0.2, -0.15) is 9.97 Å². The molecule has 0 radical (unpaired) electrons. The van der Waals surface area contributed by atoms with Gasteiger partial charge in [0.2, 0.25) is 5.95 Å². The highest BCUT2D eigenvalue weighted by Crippen LogP contribution is 2.37. The lowest BCUT2D eigenvalue weighted by Crippen LogP contribution is -2.20. The molecule has 5 heteroatoms. The summed E-state index contributed by atoms with van der Waals surface area (Å²) in [6.45, 7) is 0. The summed E-state index contributed by atoms with van der Waals surface area (Å²) >= 11 is 0. The molecule has 2 aromatic heterocycles. The largest absolute Gasteiger partial charge is 0.383 e. The fourth-order valence-corrected chi connectivity index (χ4v) is 4.29. The summed E-state index contributed by atoms with van der Waals surface area (Å²) in [5.41, 5.74) is 6.42. The summed E-state index contributed by atoms with van der Waals surface area (Å²) in [5.74, 6) is 3.30. The molecule has 132 valence electrons. The molecule has 0 aliphatic heterocycles. The van der Waals surface area contributed by atoms with E-state index in [9.17, 15) is 0 Å². The van der Waals surface area contributed by atoms with Gasteiger partial charge in [0.05, 0.1) is 5.39 Å². The number of nitrogen functional groups attached to an aromatic ring is 1. The van der Waals surface area contributed by atoms with E-state index >= 15 is 0 Å². The zero-order valence-electron chi connectivity index (χ0n) is 14.9. The van der Waals surface area contributed by atoms with Gasteiger partial charge in [-0.15, -0.1) is 0 Å². The lowest BCUT2D eigenvalue weighted by atomic mass is 9.73. The van der Waals surface area contributed by atoms with Crippen molar-refractivity contribution in [3.05, 3.63) is 12.3 Å². The second kappa shape index (κ2) is 8.36. The van der Waals surface area contributed by atoms with Crippen LogP contribution in [0.2, 0.25) is 0 Å². The molecule has 0 spiro atoms. The van der Waals surface area contributed by atoms with Crippen molar-refractivity contribution in [2.75, 3.05) is 18.1 Å². The number of hydrogen-bond acceptors (Lipinski definition) is 4. The van der Waals surface area contributed by atoms with Crippen LogP contribution in [-0.2, 0) is 0 Å². The third-order valence-electron chi connectivity index (χ3n) is 5.64. The van der Waals surface area contributed by atoms with Gasteiger partial charge >= 0.3 is 0 Å². The van der Waals surface area contributed by atoms with E-state index in [0.717, 1.165) is 22.9 Å². The number of nitrogens with one attached hydrogen (secondary N) is 2. The van der Waals surface area contributed by atoms with Crippen molar-refractivity contribution in [2.24, 2.45) is 11.8 Å². The van der Waals surface area contributed by atoms with Crippen molar-refractivity contribution in [1.29, 1.82) is 0 Å². The van der Waals surface area contributed by atoms with Crippen LogP contribution in [0.5, 0.6) is 0 Å². The van der Waals surface area contributed by atoms with E-state index in [0.29, 0.717) is 11.8 Å². The molecule has 2 heterocycles. The van der Waals surface area contributed by atoms with Crippen LogP contribution in [0, 0.1) is 11.8 Å². The predicted molar refractivity (Wildman–Crippen MR) is 101 cm³/mol. The van der Waals surface area contributed by atoms with Crippen molar-refractivity contribution >= 4 is 22.8 Å². The van der Waals surface area contributed by atoms with E-state index < -0.39 is 0 Å². The molecular weight excluding hydrogens is 298 g/mol. The first kappa shape index (κ1) is 17.1. The molecule has 0 bridgehead atoms. The fraction of sp³-hybridized carbons (Fsp3) is 0.684. The molecule has 24 heavy (non-hydrogen) atoms. The van der Waals surface area contributed by atoms with Crippen LogP contribution in [0.3, 0.4) is 0 Å². The summed E-state index contributed by atoms with van der Waals surface area (Å²) < 4.78 is 0. The summed E-state index contributed by atoms with van der Waals surface area (Å²) in [6, 6.07) is 1.85. The monoisotopic (exact) mass is 329 g/mol. The molecule has 0 aromatic carbocycles. The van der Waals surface area contributed by atoms with Crippen LogP contribution in [-0.4, -0.2) is 22.0 Å². The van der Waals surface area contributed by atoms with E-state index in [2.05, 4.69) is 20.3 Å². The summed E-state index contributed by atoms with van der Waals surface area (Å²) in [6.07, 6.45) is 17.2. The average molecular weight is 329 g/mol. The molecular formula is C19H31N5. The Balaban J connectivity index is 0.000000141. The van der Waals surface area contributed by atoms with Crippen LogP contribution in [0.15, 0.2) is 12.3 Å². The Morgan fingerprint density at radius 3 is 2.08 bits per heavy atom. The van der Waals surface area contributed by atoms with E-state index in [1.54, 1.807) is 38.9 Å². The summed E-state index contributed by atoms with van der Waals surface area (Å²) in [7, 11) is 1.75. The summed E-state index contributed by atoms with van der Waals surface area (Å²) in [4.78, 5) is 11.1. The van der Waals surface area contributed by atoms with Gasteiger partial charge in [-0.05, 0) is 17.9 Å². The fourth-order valence-electron chi connectivity index (χ4n) is 4.29. The maximum absolute atomic E-state index is 5.67. The Morgan fingerprint density at radius 2 is 1.54 bits per heavy atom. The quantitative estimate of drug-likeness (QED) is 0.744. The van der Waals surface area contributed by atoms with Crippen LogP contribution in [0.4, 0.5) is 11.8 Å². The Kier molecular flexibility index (Phi) is 5.94. The van der Waals surface area contributed by atoms with Crippen LogP contribution >= 0.6 is 0 Å². The topological polar surface area (TPSA) is 79.6 Å². The minimum atomic E-state index is 0.491. The highest BCUT2D eigenvalue weighted by atomic mass is 15.1. The second-order valence-corrected chi connectivity index (χ2v) is 7.22. The predicted octanol–water partition coefficient (Wildman–Crippen LogP) is 4.73. The smallest absolute Gasteiger partial charge is 0.226 e. The first-order chi connectivity index (χ1) is 11.8.